The van der Waals surface area contributed by atoms with Crippen molar-refractivity contribution in [3.8, 4) is 5.75 Å². The largest absolute Gasteiger partial charge is 0.506 e. The number of phenolic OH excluding ortho intramolecular Hbond substituents is 1. The number of carboxylic acid groups (broad SMARTS) is 1. The number of aromatic carboxylic acids is 1. The summed E-state index contributed by atoms with van der Waals surface area (Å²) in [6.45, 7) is 3.57. The number of anilines is 1. The molecule has 7 heteroatoms. The van der Waals surface area contributed by atoms with Crippen molar-refractivity contribution in [2.75, 3.05) is 31.5 Å². The van der Waals surface area contributed by atoms with Crippen LogP contribution in [0.5, 0.6) is 5.75 Å². The van der Waals surface area contributed by atoms with E-state index in [1.807, 2.05) is 18.2 Å². The van der Waals surface area contributed by atoms with Crippen LogP contribution < -0.4 is 5.32 Å². The number of amides is 2. The van der Waals surface area contributed by atoms with Gasteiger partial charge in [0, 0.05) is 32.7 Å². The molecule has 0 saturated carbocycles. The number of nitrogens with one attached hydrogen (secondary N) is 1. The first-order chi connectivity index (χ1) is 12.5. The highest BCUT2D eigenvalue weighted by molar-refractivity contribution is 5.93. The fourth-order valence-electron chi connectivity index (χ4n) is 2.92. The maximum atomic E-state index is 12.4. The predicted molar refractivity (Wildman–Crippen MR) is 97.4 cm³/mol. The molecular formula is C19H21N3O4. The van der Waals surface area contributed by atoms with E-state index >= 15 is 0 Å². The van der Waals surface area contributed by atoms with Crippen LogP contribution in [0, 0.1) is 0 Å². The van der Waals surface area contributed by atoms with Gasteiger partial charge in [-0.05, 0) is 23.8 Å². The van der Waals surface area contributed by atoms with Crippen molar-refractivity contribution in [3.63, 3.8) is 0 Å². The Kier molecular flexibility index (Phi) is 5.38. The topological polar surface area (TPSA) is 93.1 Å². The zero-order valence-electron chi connectivity index (χ0n) is 14.3. The van der Waals surface area contributed by atoms with E-state index in [0.29, 0.717) is 13.1 Å². The molecule has 2 aromatic rings. The lowest BCUT2D eigenvalue weighted by Gasteiger charge is -2.34. The average molecular weight is 355 g/mol. The van der Waals surface area contributed by atoms with E-state index in [-0.39, 0.29) is 23.0 Å². The van der Waals surface area contributed by atoms with Crippen LogP contribution in [0.15, 0.2) is 48.5 Å². The molecule has 2 amide bonds. The number of benzene rings is 2. The van der Waals surface area contributed by atoms with Gasteiger partial charge in [-0.15, -0.1) is 0 Å². The van der Waals surface area contributed by atoms with E-state index in [1.54, 1.807) is 4.90 Å². The third-order valence-electron chi connectivity index (χ3n) is 4.39. The number of rotatable bonds is 4. The van der Waals surface area contributed by atoms with Crippen LogP contribution >= 0.6 is 0 Å². The number of piperazine rings is 1. The molecule has 0 aliphatic carbocycles. The molecule has 7 nitrogen and oxygen atoms in total. The van der Waals surface area contributed by atoms with Crippen LogP contribution in [0.25, 0.3) is 0 Å². The van der Waals surface area contributed by atoms with Crippen molar-refractivity contribution in [1.82, 2.24) is 9.80 Å². The highest BCUT2D eigenvalue weighted by atomic mass is 16.4. The van der Waals surface area contributed by atoms with Gasteiger partial charge < -0.3 is 20.4 Å². The lowest BCUT2D eigenvalue weighted by molar-refractivity contribution is 0.0696. The van der Waals surface area contributed by atoms with Gasteiger partial charge in [0.1, 0.15) is 5.75 Å². The molecular weight excluding hydrogens is 334 g/mol. The number of hydrogen-bond donors (Lipinski definition) is 3. The molecule has 2 aromatic carbocycles. The van der Waals surface area contributed by atoms with Gasteiger partial charge in [-0.3, -0.25) is 4.90 Å². The molecule has 1 heterocycles. The smallest absolute Gasteiger partial charge is 0.335 e. The van der Waals surface area contributed by atoms with Crippen molar-refractivity contribution in [2.24, 2.45) is 0 Å². The van der Waals surface area contributed by atoms with Crippen molar-refractivity contribution in [2.45, 2.75) is 6.54 Å². The number of aromatic hydroxyl groups is 1. The summed E-state index contributed by atoms with van der Waals surface area (Å²) in [5.74, 6) is -1.39. The van der Waals surface area contributed by atoms with Crippen molar-refractivity contribution in [1.29, 1.82) is 0 Å². The van der Waals surface area contributed by atoms with Crippen LogP contribution in [-0.4, -0.2) is 58.2 Å². The van der Waals surface area contributed by atoms with Crippen LogP contribution in [0.4, 0.5) is 10.5 Å². The van der Waals surface area contributed by atoms with Gasteiger partial charge >= 0.3 is 12.0 Å². The third-order valence-corrected chi connectivity index (χ3v) is 4.39. The molecule has 136 valence electrons. The third kappa shape index (κ3) is 4.31. The quantitative estimate of drug-likeness (QED) is 0.733. The number of phenols is 1. The maximum Gasteiger partial charge on any atom is 0.335 e. The van der Waals surface area contributed by atoms with Crippen molar-refractivity contribution in [3.05, 3.63) is 59.7 Å². The van der Waals surface area contributed by atoms with Crippen molar-refractivity contribution >= 4 is 17.7 Å². The molecule has 0 aromatic heterocycles. The normalized spacial score (nSPS) is 14.8. The van der Waals surface area contributed by atoms with Gasteiger partial charge in [-0.2, -0.15) is 0 Å². The second-order valence-electron chi connectivity index (χ2n) is 6.22. The van der Waals surface area contributed by atoms with E-state index in [4.69, 9.17) is 5.11 Å². The zero-order chi connectivity index (χ0) is 18.5. The molecule has 1 aliphatic heterocycles. The van der Waals surface area contributed by atoms with Crippen molar-refractivity contribution < 1.29 is 19.8 Å². The SMILES string of the molecule is O=C(O)c1ccc(NC(=O)N2CCN(Cc3ccccc3)CC2)c(O)c1. The molecule has 0 spiro atoms. The maximum absolute atomic E-state index is 12.4. The standard InChI is InChI=1S/C19H21N3O4/c23-17-12-15(18(24)25)6-7-16(17)20-19(26)22-10-8-21(9-11-22)13-14-4-2-1-3-5-14/h1-7,12,23H,8-11,13H2,(H,20,26)(H,24,25). The van der Waals surface area contributed by atoms with E-state index in [0.717, 1.165) is 25.7 Å². The minimum atomic E-state index is -1.13. The fraction of sp³-hybridized carbons (Fsp3) is 0.263. The first-order valence-corrected chi connectivity index (χ1v) is 8.41. The summed E-state index contributed by atoms with van der Waals surface area (Å²) in [5, 5.41) is 21.4. The summed E-state index contributed by atoms with van der Waals surface area (Å²) < 4.78 is 0. The lowest BCUT2D eigenvalue weighted by Crippen LogP contribution is -2.49. The summed E-state index contributed by atoms with van der Waals surface area (Å²) in [6.07, 6.45) is 0. The minimum Gasteiger partial charge on any atom is -0.506 e. The average Bonchev–Trinajstić information content (AvgIpc) is 2.64. The second-order valence-corrected chi connectivity index (χ2v) is 6.22. The molecule has 1 fully saturated rings. The Morgan fingerprint density at radius 3 is 2.31 bits per heavy atom. The van der Waals surface area contributed by atoms with Gasteiger partial charge in [0.25, 0.3) is 0 Å². The van der Waals surface area contributed by atoms with E-state index in [9.17, 15) is 14.7 Å². The number of hydrogen-bond acceptors (Lipinski definition) is 4. The predicted octanol–water partition coefficient (Wildman–Crippen LogP) is 2.44. The molecule has 0 unspecified atom stereocenters. The Hall–Kier alpha value is -3.06. The van der Waals surface area contributed by atoms with Gasteiger partial charge in [-0.1, -0.05) is 30.3 Å². The highest BCUT2D eigenvalue weighted by Gasteiger charge is 2.22. The van der Waals surface area contributed by atoms with Gasteiger partial charge in [0.2, 0.25) is 0 Å². The summed E-state index contributed by atoms with van der Waals surface area (Å²) >= 11 is 0. The van der Waals surface area contributed by atoms with E-state index in [2.05, 4.69) is 22.3 Å². The zero-order valence-corrected chi connectivity index (χ0v) is 14.3. The minimum absolute atomic E-state index is 0.0324. The highest BCUT2D eigenvalue weighted by Crippen LogP contribution is 2.24. The first kappa shape index (κ1) is 17.8. The molecule has 1 saturated heterocycles. The van der Waals surface area contributed by atoms with Gasteiger partial charge in [-0.25, -0.2) is 9.59 Å². The van der Waals surface area contributed by atoms with Gasteiger partial charge in [0.05, 0.1) is 11.3 Å². The second kappa shape index (κ2) is 7.88. The number of urea groups is 1. The number of carboxylic acids is 1. The molecule has 1 aliphatic rings. The fourth-order valence-corrected chi connectivity index (χ4v) is 2.92. The van der Waals surface area contributed by atoms with Crippen LogP contribution in [0.1, 0.15) is 15.9 Å². The van der Waals surface area contributed by atoms with Crippen LogP contribution in [-0.2, 0) is 6.54 Å². The molecule has 3 N–H and O–H groups in total. The molecule has 3 rings (SSSR count). The Balaban J connectivity index is 1.53. The molecule has 0 bridgehead atoms. The Bertz CT molecular complexity index is 787. The van der Waals surface area contributed by atoms with Crippen LogP contribution in [0.2, 0.25) is 0 Å². The summed E-state index contributed by atoms with van der Waals surface area (Å²) in [7, 11) is 0. The number of nitrogens with zero attached hydrogens (tertiary/aromatic N) is 2. The Labute approximate surface area is 151 Å². The number of carbonyl (C=O) groups is 2. The lowest BCUT2D eigenvalue weighted by atomic mass is 10.2. The van der Waals surface area contributed by atoms with Crippen LogP contribution in [0.3, 0.4) is 0 Å². The summed E-state index contributed by atoms with van der Waals surface area (Å²) in [6, 6.07) is 13.7. The first-order valence-electron chi connectivity index (χ1n) is 8.41. The molecule has 0 atom stereocenters. The Morgan fingerprint density at radius 2 is 1.69 bits per heavy atom. The summed E-state index contributed by atoms with van der Waals surface area (Å²) in [5.41, 5.74) is 1.41. The number of carbonyl (C=O) groups excluding carboxylic acids is 1. The van der Waals surface area contributed by atoms with E-state index in [1.165, 1.54) is 17.7 Å². The summed E-state index contributed by atoms with van der Waals surface area (Å²) in [4.78, 5) is 27.2. The monoisotopic (exact) mass is 355 g/mol. The Morgan fingerprint density at radius 1 is 1.00 bits per heavy atom. The van der Waals surface area contributed by atoms with Gasteiger partial charge in [0.15, 0.2) is 0 Å². The van der Waals surface area contributed by atoms with E-state index < -0.39 is 5.97 Å². The molecule has 26 heavy (non-hydrogen) atoms. The molecule has 0 radical (unpaired) electrons.